The van der Waals surface area contributed by atoms with Crippen LogP contribution < -0.4 is 0 Å². The third-order valence-corrected chi connectivity index (χ3v) is 3.47. The van der Waals surface area contributed by atoms with Crippen molar-refractivity contribution in [2.75, 3.05) is 5.21 Å². The molecule has 5 heteroatoms. The van der Waals surface area contributed by atoms with E-state index in [0.29, 0.717) is 0 Å². The molecule has 0 heterocycles. The van der Waals surface area contributed by atoms with Crippen LogP contribution in [0.5, 0.6) is 0 Å². The molecule has 0 aliphatic heterocycles. The lowest BCUT2D eigenvalue weighted by molar-refractivity contribution is 0.570. The van der Waals surface area contributed by atoms with E-state index in [1.807, 2.05) is 0 Å². The fourth-order valence-corrected chi connectivity index (χ4v) is 1.88. The Morgan fingerprint density at radius 3 is 2.42 bits per heavy atom. The number of hydrogen-bond acceptors (Lipinski definition) is 2. The topological polar surface area (TPSA) is 34.1 Å². The highest BCUT2D eigenvalue weighted by Gasteiger charge is 2.16. The number of hydrogen-bond donors (Lipinski definition) is 0. The molecule has 0 aliphatic carbocycles. The van der Waals surface area contributed by atoms with Crippen molar-refractivity contribution >= 4 is 21.4 Å². The van der Waals surface area contributed by atoms with Crippen LogP contribution >= 0.6 is 11.6 Å². The first-order chi connectivity index (χ1) is 5.58. The van der Waals surface area contributed by atoms with Crippen LogP contribution in [0.25, 0.3) is 0 Å². The van der Waals surface area contributed by atoms with Gasteiger partial charge in [0, 0.05) is 0 Å². The summed E-state index contributed by atoms with van der Waals surface area (Å²) in [5.41, 5.74) is 0. The number of benzene rings is 1. The summed E-state index contributed by atoms with van der Waals surface area (Å²) in [5, 5.41) is -0.603. The second kappa shape index (κ2) is 3.41. The predicted molar refractivity (Wildman–Crippen MR) is 44.3 cm³/mol. The fraction of sp³-hybridized carbons (Fsp3) is 0.143. The molecule has 0 aromatic heterocycles. The van der Waals surface area contributed by atoms with Crippen molar-refractivity contribution in [3.05, 3.63) is 30.1 Å². The van der Waals surface area contributed by atoms with Gasteiger partial charge in [-0.1, -0.05) is 12.1 Å². The lowest BCUT2D eigenvalue weighted by Crippen LogP contribution is -2.04. The maximum absolute atomic E-state index is 12.8. The average Bonchev–Trinajstić information content (AvgIpc) is 2.05. The van der Waals surface area contributed by atoms with E-state index < -0.39 is 20.9 Å². The van der Waals surface area contributed by atoms with Crippen molar-refractivity contribution in [3.63, 3.8) is 0 Å². The van der Waals surface area contributed by atoms with Gasteiger partial charge in [-0.15, -0.1) is 11.6 Å². The largest absolute Gasteiger partial charge is 0.222 e. The van der Waals surface area contributed by atoms with Gasteiger partial charge in [-0.3, -0.25) is 0 Å². The minimum Gasteiger partial charge on any atom is -0.222 e. The highest BCUT2D eigenvalue weighted by atomic mass is 35.5. The highest BCUT2D eigenvalue weighted by Crippen LogP contribution is 2.15. The van der Waals surface area contributed by atoms with Crippen LogP contribution in [0, 0.1) is 5.82 Å². The smallest absolute Gasteiger partial charge is 0.195 e. The molecule has 0 fully saturated rings. The molecule has 1 aromatic rings. The second-order valence-electron chi connectivity index (χ2n) is 2.15. The maximum Gasteiger partial charge on any atom is 0.195 e. The molecule has 0 radical (unpaired) electrons. The van der Waals surface area contributed by atoms with Gasteiger partial charge in [-0.25, -0.2) is 12.8 Å². The minimum atomic E-state index is -3.64. The molecule has 0 N–H and O–H groups in total. The molecule has 66 valence electrons. The summed E-state index contributed by atoms with van der Waals surface area (Å²) in [4.78, 5) is -0.347. The van der Waals surface area contributed by atoms with Crippen LogP contribution in [0.4, 0.5) is 4.39 Å². The van der Waals surface area contributed by atoms with Gasteiger partial charge in [-0.05, 0) is 12.1 Å². The first-order valence-corrected chi connectivity index (χ1v) is 5.30. The van der Waals surface area contributed by atoms with Crippen molar-refractivity contribution in [1.29, 1.82) is 0 Å². The Hall–Kier alpha value is -0.610. The van der Waals surface area contributed by atoms with E-state index in [2.05, 4.69) is 0 Å². The second-order valence-corrected chi connectivity index (χ2v) is 4.70. The molecule has 0 spiro atoms. The van der Waals surface area contributed by atoms with Crippen LogP contribution in [0.1, 0.15) is 0 Å². The molecule has 0 saturated heterocycles. The Morgan fingerprint density at radius 1 is 1.33 bits per heavy atom. The van der Waals surface area contributed by atoms with Gasteiger partial charge >= 0.3 is 0 Å². The summed E-state index contributed by atoms with van der Waals surface area (Å²) in [6.07, 6.45) is 0. The van der Waals surface area contributed by atoms with Crippen LogP contribution in [-0.2, 0) is 9.84 Å². The van der Waals surface area contributed by atoms with Gasteiger partial charge in [0.1, 0.15) is 15.9 Å². The normalized spacial score (nSPS) is 11.5. The predicted octanol–water partition coefficient (Wildman–Crippen LogP) is 1.80. The Bertz CT molecular complexity index is 375. The van der Waals surface area contributed by atoms with Crippen molar-refractivity contribution in [3.8, 4) is 0 Å². The Kier molecular flexibility index (Phi) is 2.69. The first-order valence-electron chi connectivity index (χ1n) is 3.11. The highest BCUT2D eigenvalue weighted by molar-refractivity contribution is 7.92. The van der Waals surface area contributed by atoms with Crippen molar-refractivity contribution in [1.82, 2.24) is 0 Å². The molecular formula is C7H6ClFO2S. The Balaban J connectivity index is 3.30. The van der Waals surface area contributed by atoms with Gasteiger partial charge in [0.05, 0.1) is 0 Å². The quantitative estimate of drug-likeness (QED) is 0.695. The molecule has 12 heavy (non-hydrogen) atoms. The van der Waals surface area contributed by atoms with Gasteiger partial charge in [-0.2, -0.15) is 0 Å². The minimum absolute atomic E-state index is 0.347. The SMILES string of the molecule is O=S(=O)(CCl)c1ccccc1F. The standard InChI is InChI=1S/C7H6ClFO2S/c8-5-12(10,11)7-4-2-1-3-6(7)9/h1-4H,5H2. The van der Waals surface area contributed by atoms with Crippen LogP contribution in [0.2, 0.25) is 0 Å². The molecule has 0 aliphatic rings. The van der Waals surface area contributed by atoms with E-state index in [9.17, 15) is 12.8 Å². The Morgan fingerprint density at radius 2 is 1.92 bits per heavy atom. The molecule has 1 aromatic carbocycles. The summed E-state index contributed by atoms with van der Waals surface area (Å²) in [6.45, 7) is 0. The molecule has 0 atom stereocenters. The van der Waals surface area contributed by atoms with E-state index in [4.69, 9.17) is 11.6 Å². The molecule has 1 rings (SSSR count). The molecule has 0 saturated carbocycles. The van der Waals surface area contributed by atoms with E-state index in [1.54, 1.807) is 0 Å². The first kappa shape index (κ1) is 9.48. The van der Waals surface area contributed by atoms with Crippen molar-refractivity contribution in [2.24, 2.45) is 0 Å². The molecular weight excluding hydrogens is 203 g/mol. The molecule has 0 bridgehead atoms. The number of halogens is 2. The van der Waals surface area contributed by atoms with Crippen molar-refractivity contribution < 1.29 is 12.8 Å². The molecule has 0 amide bonds. The van der Waals surface area contributed by atoms with Crippen LogP contribution in [0.3, 0.4) is 0 Å². The summed E-state index contributed by atoms with van der Waals surface area (Å²) in [5.74, 6) is -0.766. The van der Waals surface area contributed by atoms with Crippen LogP contribution in [-0.4, -0.2) is 13.6 Å². The third kappa shape index (κ3) is 1.76. The molecule has 0 unspecified atom stereocenters. The summed E-state index contributed by atoms with van der Waals surface area (Å²) in [6, 6.07) is 5.14. The monoisotopic (exact) mass is 208 g/mol. The van der Waals surface area contributed by atoms with Gasteiger partial charge in [0.25, 0.3) is 0 Å². The number of rotatable bonds is 2. The zero-order valence-electron chi connectivity index (χ0n) is 6.00. The van der Waals surface area contributed by atoms with Gasteiger partial charge < -0.3 is 0 Å². The fourth-order valence-electron chi connectivity index (χ4n) is 0.756. The van der Waals surface area contributed by atoms with Crippen molar-refractivity contribution in [2.45, 2.75) is 4.90 Å². The lowest BCUT2D eigenvalue weighted by atomic mass is 10.4. The number of sulfone groups is 1. The average molecular weight is 209 g/mol. The zero-order valence-corrected chi connectivity index (χ0v) is 7.57. The van der Waals surface area contributed by atoms with Gasteiger partial charge in [0.2, 0.25) is 0 Å². The summed E-state index contributed by atoms with van der Waals surface area (Å²) < 4.78 is 34.9. The Labute approximate surface area is 74.9 Å². The zero-order chi connectivity index (χ0) is 9.19. The summed E-state index contributed by atoms with van der Waals surface area (Å²) in [7, 11) is -3.64. The van der Waals surface area contributed by atoms with E-state index >= 15 is 0 Å². The third-order valence-electron chi connectivity index (χ3n) is 1.32. The lowest BCUT2D eigenvalue weighted by Gasteiger charge is -1.99. The van der Waals surface area contributed by atoms with E-state index in [1.165, 1.54) is 18.2 Å². The summed E-state index contributed by atoms with van der Waals surface area (Å²) >= 11 is 5.15. The van der Waals surface area contributed by atoms with Gasteiger partial charge in [0.15, 0.2) is 9.84 Å². The van der Waals surface area contributed by atoms with E-state index in [-0.39, 0.29) is 4.90 Å². The maximum atomic E-state index is 12.8. The van der Waals surface area contributed by atoms with Crippen LogP contribution in [0.15, 0.2) is 29.2 Å². The molecule has 2 nitrogen and oxygen atoms in total. The number of alkyl halides is 1. The van der Waals surface area contributed by atoms with E-state index in [0.717, 1.165) is 6.07 Å².